The van der Waals surface area contributed by atoms with Crippen LogP contribution in [0.4, 0.5) is 0 Å². The topological polar surface area (TPSA) is 40.5 Å². The van der Waals surface area contributed by atoms with E-state index in [4.69, 9.17) is 0 Å². The molecule has 8 atom stereocenters. The summed E-state index contributed by atoms with van der Waals surface area (Å²) in [6.45, 7) is 11.5. The minimum absolute atomic E-state index is 0.0992. The number of rotatable bonds is 5. The van der Waals surface area contributed by atoms with Crippen LogP contribution in [0.1, 0.15) is 86.0 Å². The lowest BCUT2D eigenvalue weighted by molar-refractivity contribution is -0.0553. The highest BCUT2D eigenvalue weighted by Gasteiger charge is 2.59. The van der Waals surface area contributed by atoms with Crippen LogP contribution in [0.5, 0.6) is 0 Å². The standard InChI is InChI=1S/C26H44O2S/c1-17(15-29-16-24(2,3)28)21-8-9-22-20-7-6-18-14-19(27)10-12-25(18,4)23(20)11-13-26(21,22)5/h6,17,19-23,27-28H,7-16H2,1-5H3/t17-,19+,20+,21-,22+,23+,25+,26-/m1/s1. The third kappa shape index (κ3) is 3.98. The quantitative estimate of drug-likeness (QED) is 0.531. The van der Waals surface area contributed by atoms with Crippen molar-refractivity contribution < 1.29 is 10.2 Å². The number of aliphatic hydroxyl groups is 2. The highest BCUT2D eigenvalue weighted by Crippen LogP contribution is 2.67. The van der Waals surface area contributed by atoms with Gasteiger partial charge in [0.15, 0.2) is 0 Å². The van der Waals surface area contributed by atoms with E-state index in [1.54, 1.807) is 5.57 Å². The molecule has 0 radical (unpaired) electrons. The average molecular weight is 421 g/mol. The zero-order valence-corrected chi connectivity index (χ0v) is 20.2. The molecule has 29 heavy (non-hydrogen) atoms. The maximum Gasteiger partial charge on any atom is 0.0681 e. The molecule has 3 heteroatoms. The third-order valence-corrected chi connectivity index (χ3v) is 11.3. The molecule has 3 saturated carbocycles. The molecule has 2 nitrogen and oxygen atoms in total. The van der Waals surface area contributed by atoms with E-state index >= 15 is 0 Å². The van der Waals surface area contributed by atoms with Gasteiger partial charge in [0.1, 0.15) is 0 Å². The van der Waals surface area contributed by atoms with Gasteiger partial charge < -0.3 is 10.2 Å². The summed E-state index contributed by atoms with van der Waals surface area (Å²) in [5.74, 6) is 6.19. The van der Waals surface area contributed by atoms with Crippen molar-refractivity contribution in [3.05, 3.63) is 11.6 Å². The van der Waals surface area contributed by atoms with Gasteiger partial charge in [-0.1, -0.05) is 32.4 Å². The largest absolute Gasteiger partial charge is 0.393 e. The second-order valence-electron chi connectivity index (χ2n) is 12.2. The van der Waals surface area contributed by atoms with E-state index in [0.29, 0.717) is 10.8 Å². The van der Waals surface area contributed by atoms with Gasteiger partial charge in [-0.25, -0.2) is 0 Å². The first-order valence-corrected chi connectivity index (χ1v) is 13.4. The second-order valence-corrected chi connectivity index (χ2v) is 13.2. The van der Waals surface area contributed by atoms with Gasteiger partial charge in [0.05, 0.1) is 11.7 Å². The van der Waals surface area contributed by atoms with Crippen LogP contribution >= 0.6 is 11.8 Å². The van der Waals surface area contributed by atoms with Crippen LogP contribution in [0.25, 0.3) is 0 Å². The molecule has 0 bridgehead atoms. The summed E-state index contributed by atoms with van der Waals surface area (Å²) in [7, 11) is 0. The fourth-order valence-corrected chi connectivity index (χ4v) is 9.45. The Morgan fingerprint density at radius 1 is 1.14 bits per heavy atom. The van der Waals surface area contributed by atoms with Gasteiger partial charge >= 0.3 is 0 Å². The minimum Gasteiger partial charge on any atom is -0.393 e. The maximum absolute atomic E-state index is 10.2. The molecule has 0 aromatic carbocycles. The predicted octanol–water partition coefficient (Wildman–Crippen LogP) is 6.07. The van der Waals surface area contributed by atoms with Crippen LogP contribution in [-0.4, -0.2) is 33.4 Å². The molecule has 2 N–H and O–H groups in total. The van der Waals surface area contributed by atoms with Crippen molar-refractivity contribution in [1.82, 2.24) is 0 Å². The van der Waals surface area contributed by atoms with Crippen LogP contribution in [-0.2, 0) is 0 Å². The van der Waals surface area contributed by atoms with E-state index in [9.17, 15) is 10.2 Å². The number of fused-ring (bicyclic) bond motifs is 5. The molecule has 4 aliphatic carbocycles. The van der Waals surface area contributed by atoms with Crippen LogP contribution in [0, 0.1) is 40.4 Å². The van der Waals surface area contributed by atoms with E-state index in [-0.39, 0.29) is 6.10 Å². The summed E-state index contributed by atoms with van der Waals surface area (Å²) in [5, 5.41) is 20.3. The molecule has 0 aromatic heterocycles. The summed E-state index contributed by atoms with van der Waals surface area (Å²) < 4.78 is 0. The molecule has 4 aliphatic rings. The summed E-state index contributed by atoms with van der Waals surface area (Å²) in [4.78, 5) is 0. The molecular formula is C26H44O2S. The summed E-state index contributed by atoms with van der Waals surface area (Å²) in [5.41, 5.74) is 1.90. The van der Waals surface area contributed by atoms with Gasteiger partial charge in [0, 0.05) is 5.75 Å². The fraction of sp³-hybridized carbons (Fsp3) is 0.923. The zero-order valence-electron chi connectivity index (χ0n) is 19.4. The van der Waals surface area contributed by atoms with Crippen LogP contribution in [0.15, 0.2) is 11.6 Å². The van der Waals surface area contributed by atoms with Crippen LogP contribution in [0.2, 0.25) is 0 Å². The normalized spacial score (nSPS) is 45.8. The van der Waals surface area contributed by atoms with Crippen molar-refractivity contribution in [3.8, 4) is 0 Å². The number of hydrogen-bond donors (Lipinski definition) is 2. The van der Waals surface area contributed by atoms with Crippen molar-refractivity contribution in [3.63, 3.8) is 0 Å². The molecule has 166 valence electrons. The summed E-state index contributed by atoms with van der Waals surface area (Å²) in [6.07, 6.45) is 12.5. The van der Waals surface area contributed by atoms with Crippen molar-refractivity contribution in [2.75, 3.05) is 11.5 Å². The van der Waals surface area contributed by atoms with Gasteiger partial charge in [0.25, 0.3) is 0 Å². The average Bonchev–Trinajstić information content (AvgIpc) is 2.98. The highest BCUT2D eigenvalue weighted by atomic mass is 32.2. The van der Waals surface area contributed by atoms with E-state index < -0.39 is 5.60 Å². The lowest BCUT2D eigenvalue weighted by Gasteiger charge is -2.58. The highest BCUT2D eigenvalue weighted by molar-refractivity contribution is 7.99. The molecule has 0 heterocycles. The molecule has 0 aliphatic heterocycles. The Balaban J connectivity index is 1.47. The molecule has 0 unspecified atom stereocenters. The molecule has 3 fully saturated rings. The number of thioether (sulfide) groups is 1. The van der Waals surface area contributed by atoms with Gasteiger partial charge in [-0.05, 0) is 111 Å². The van der Waals surface area contributed by atoms with E-state index in [2.05, 4.69) is 26.8 Å². The van der Waals surface area contributed by atoms with Crippen molar-refractivity contribution in [2.24, 2.45) is 40.4 Å². The first-order valence-electron chi connectivity index (χ1n) is 12.2. The lowest BCUT2D eigenvalue weighted by Crippen LogP contribution is -2.50. The Kier molecular flexibility index (Phi) is 6.02. The smallest absolute Gasteiger partial charge is 0.0681 e. The Hall–Kier alpha value is 0.01000. The first-order chi connectivity index (χ1) is 13.5. The van der Waals surface area contributed by atoms with Crippen LogP contribution < -0.4 is 0 Å². The van der Waals surface area contributed by atoms with E-state index in [1.807, 2.05) is 25.6 Å². The lowest BCUT2D eigenvalue weighted by atomic mass is 9.47. The minimum atomic E-state index is -0.556. The summed E-state index contributed by atoms with van der Waals surface area (Å²) >= 11 is 1.95. The molecule has 4 rings (SSSR count). The molecule has 0 spiro atoms. The van der Waals surface area contributed by atoms with Crippen molar-refractivity contribution in [2.45, 2.75) is 97.7 Å². The summed E-state index contributed by atoms with van der Waals surface area (Å²) in [6, 6.07) is 0. The number of aliphatic hydroxyl groups excluding tert-OH is 1. The second kappa shape index (κ2) is 7.85. The molecule has 0 aromatic rings. The Bertz CT molecular complexity index is 637. The Morgan fingerprint density at radius 3 is 2.62 bits per heavy atom. The van der Waals surface area contributed by atoms with Gasteiger partial charge in [0.2, 0.25) is 0 Å². The molecule has 0 saturated heterocycles. The monoisotopic (exact) mass is 420 g/mol. The van der Waals surface area contributed by atoms with Crippen molar-refractivity contribution in [1.29, 1.82) is 0 Å². The van der Waals surface area contributed by atoms with E-state index in [1.165, 1.54) is 44.3 Å². The predicted molar refractivity (Wildman–Crippen MR) is 124 cm³/mol. The van der Waals surface area contributed by atoms with Crippen LogP contribution in [0.3, 0.4) is 0 Å². The van der Waals surface area contributed by atoms with Crippen molar-refractivity contribution >= 4 is 11.8 Å². The van der Waals surface area contributed by atoms with Gasteiger partial charge in [-0.3, -0.25) is 0 Å². The fourth-order valence-electron chi connectivity index (χ4n) is 8.23. The molecular weight excluding hydrogens is 376 g/mol. The SMILES string of the molecule is C[C@H](CSCC(C)(C)O)[C@H]1CC[C@H]2[C@@H]3CC=C4C[C@@H](O)CC[C@]4(C)[C@H]3CC[C@]12C. The molecule has 0 amide bonds. The van der Waals surface area contributed by atoms with Gasteiger partial charge in [-0.2, -0.15) is 11.8 Å². The Morgan fingerprint density at radius 2 is 1.90 bits per heavy atom. The first kappa shape index (κ1) is 22.2. The number of allylic oxidation sites excluding steroid dienone is 1. The Labute approximate surface area is 183 Å². The maximum atomic E-state index is 10.2. The van der Waals surface area contributed by atoms with E-state index in [0.717, 1.165) is 48.2 Å². The number of hydrogen-bond acceptors (Lipinski definition) is 3. The van der Waals surface area contributed by atoms with Gasteiger partial charge in [-0.15, -0.1) is 0 Å². The zero-order chi connectivity index (χ0) is 21.0. The third-order valence-electron chi connectivity index (χ3n) is 9.67.